The summed E-state index contributed by atoms with van der Waals surface area (Å²) >= 11 is 0. The molecule has 0 radical (unpaired) electrons. The highest BCUT2D eigenvalue weighted by Gasteiger charge is 2.22. The minimum Gasteiger partial charge on any atom is -0.502 e. The molecule has 0 saturated carbocycles. The fraction of sp³-hybridized carbons (Fsp3) is 0.120. The van der Waals surface area contributed by atoms with Gasteiger partial charge in [0.05, 0.1) is 6.04 Å². The quantitative estimate of drug-likeness (QED) is 0.336. The van der Waals surface area contributed by atoms with Gasteiger partial charge in [0.2, 0.25) is 0 Å². The van der Waals surface area contributed by atoms with Crippen LogP contribution < -0.4 is 21.5 Å². The fourth-order valence-electron chi connectivity index (χ4n) is 3.64. The van der Waals surface area contributed by atoms with Crippen LogP contribution in [0.3, 0.4) is 0 Å². The molecular weight excluding hydrogens is 450 g/mol. The Bertz CT molecular complexity index is 1320. The van der Waals surface area contributed by atoms with Crippen molar-refractivity contribution in [2.75, 3.05) is 5.32 Å². The smallest absolute Gasteiger partial charge is 0.271 e. The van der Waals surface area contributed by atoms with Gasteiger partial charge in [0.1, 0.15) is 17.3 Å². The second kappa shape index (κ2) is 9.94. The Morgan fingerprint density at radius 1 is 0.788 bits per heavy atom. The lowest BCUT2D eigenvalue weighted by molar-refractivity contribution is 0.466. The Labute approximate surface area is 194 Å². The van der Waals surface area contributed by atoms with E-state index in [0.717, 1.165) is 17.2 Å². The maximum atomic E-state index is 13.7. The Morgan fingerprint density at radius 3 is 2.06 bits per heavy atom. The van der Waals surface area contributed by atoms with E-state index in [9.17, 15) is 23.5 Å². The molecule has 0 heterocycles. The second-order valence-electron chi connectivity index (χ2n) is 7.57. The summed E-state index contributed by atoms with van der Waals surface area (Å²) in [6, 6.07) is 19.3. The van der Waals surface area contributed by atoms with Gasteiger partial charge in [-0.25, -0.2) is 8.78 Å². The minimum atomic E-state index is -0.913. The van der Waals surface area contributed by atoms with Gasteiger partial charge in [-0.2, -0.15) is 0 Å². The van der Waals surface area contributed by atoms with Gasteiger partial charge in [-0.05, 0) is 47.9 Å². The summed E-state index contributed by atoms with van der Waals surface area (Å²) in [7, 11) is 0. The molecule has 0 fully saturated rings. The lowest BCUT2D eigenvalue weighted by Crippen LogP contribution is -2.32. The number of hydrogen-bond donors (Lipinski definition) is 3. The summed E-state index contributed by atoms with van der Waals surface area (Å²) in [6.45, 7) is 1.81. The second-order valence-corrected chi connectivity index (χ2v) is 7.57. The normalized spacial score (nSPS) is 12.7. The Balaban J connectivity index is 0.00000306. The molecule has 2 atom stereocenters. The van der Waals surface area contributed by atoms with Crippen LogP contribution >= 0.6 is 12.4 Å². The van der Waals surface area contributed by atoms with Crippen molar-refractivity contribution in [3.63, 3.8) is 0 Å². The van der Waals surface area contributed by atoms with Gasteiger partial charge in [-0.3, -0.25) is 14.9 Å². The van der Waals surface area contributed by atoms with E-state index in [4.69, 9.17) is 0 Å². The molecule has 3 N–H and O–H groups in total. The highest BCUT2D eigenvalue weighted by molar-refractivity contribution is 5.85. The van der Waals surface area contributed by atoms with Crippen LogP contribution in [-0.4, -0.2) is 5.11 Å². The van der Waals surface area contributed by atoms with Crippen molar-refractivity contribution in [3.05, 3.63) is 122 Å². The van der Waals surface area contributed by atoms with Crippen LogP contribution in [0.5, 0.6) is 5.75 Å². The molecule has 8 heteroatoms. The van der Waals surface area contributed by atoms with Crippen molar-refractivity contribution in [1.82, 2.24) is 5.32 Å². The first-order chi connectivity index (χ1) is 15.3. The van der Waals surface area contributed by atoms with E-state index in [2.05, 4.69) is 10.6 Å². The van der Waals surface area contributed by atoms with Crippen LogP contribution in [0.15, 0.2) is 82.4 Å². The Kier molecular flexibility index (Phi) is 7.26. The maximum Gasteiger partial charge on any atom is 0.271 e. The molecule has 0 aromatic heterocycles. The van der Waals surface area contributed by atoms with Gasteiger partial charge < -0.3 is 10.4 Å². The summed E-state index contributed by atoms with van der Waals surface area (Å²) in [5, 5.41) is 15.8. The van der Waals surface area contributed by atoms with Gasteiger partial charge in [-0.15, -0.1) is 12.4 Å². The molecule has 0 saturated heterocycles. The van der Waals surface area contributed by atoms with Gasteiger partial charge in [-0.1, -0.05) is 42.5 Å². The number of nitrogens with one attached hydrogen (secondary N) is 2. The molecule has 0 aliphatic rings. The van der Waals surface area contributed by atoms with Gasteiger partial charge in [0, 0.05) is 17.8 Å². The summed E-state index contributed by atoms with van der Waals surface area (Å²) < 4.78 is 27.4. The number of hydrogen-bond acceptors (Lipinski definition) is 5. The molecule has 33 heavy (non-hydrogen) atoms. The van der Waals surface area contributed by atoms with E-state index in [1.165, 1.54) is 12.1 Å². The van der Waals surface area contributed by atoms with E-state index >= 15 is 0 Å². The van der Waals surface area contributed by atoms with Crippen LogP contribution in [-0.2, 0) is 0 Å². The van der Waals surface area contributed by atoms with E-state index in [1.54, 1.807) is 18.2 Å². The molecule has 0 aliphatic carbocycles. The van der Waals surface area contributed by atoms with Crippen LogP contribution in [0.25, 0.3) is 0 Å². The monoisotopic (exact) mass is 470 g/mol. The summed E-state index contributed by atoms with van der Waals surface area (Å²) in [4.78, 5) is 22.9. The van der Waals surface area contributed by atoms with E-state index in [1.807, 2.05) is 43.3 Å². The van der Waals surface area contributed by atoms with E-state index < -0.39 is 28.2 Å². The SMILES string of the molecule is C[C@@H](NC(c1ccccc1)c1cccc(Nc2c(O)c(=O)c2=O)c1)c1cc(F)cc(F)c1.Cl. The molecule has 0 spiro atoms. The lowest BCUT2D eigenvalue weighted by atomic mass is 9.96. The van der Waals surface area contributed by atoms with Gasteiger partial charge in [0.15, 0.2) is 5.75 Å². The molecule has 0 bridgehead atoms. The van der Waals surface area contributed by atoms with Crippen molar-refractivity contribution in [1.29, 1.82) is 0 Å². The van der Waals surface area contributed by atoms with Crippen LogP contribution in [0.1, 0.15) is 35.7 Å². The van der Waals surface area contributed by atoms with Crippen molar-refractivity contribution >= 4 is 23.8 Å². The number of halogens is 3. The third kappa shape index (κ3) is 5.10. The molecule has 4 rings (SSSR count). The first-order valence-electron chi connectivity index (χ1n) is 9.99. The van der Waals surface area contributed by atoms with Crippen molar-refractivity contribution in [2.45, 2.75) is 19.0 Å². The van der Waals surface area contributed by atoms with Crippen molar-refractivity contribution < 1.29 is 13.9 Å². The number of anilines is 2. The van der Waals surface area contributed by atoms with Crippen molar-refractivity contribution in [3.8, 4) is 5.75 Å². The van der Waals surface area contributed by atoms with Gasteiger partial charge in [0.25, 0.3) is 10.9 Å². The zero-order valence-corrected chi connectivity index (χ0v) is 18.3. The average Bonchev–Trinajstić information content (AvgIpc) is 2.80. The molecule has 170 valence electrons. The Morgan fingerprint density at radius 2 is 1.42 bits per heavy atom. The highest BCUT2D eigenvalue weighted by Crippen LogP contribution is 2.29. The zero-order chi connectivity index (χ0) is 22.8. The molecule has 5 nitrogen and oxygen atoms in total. The van der Waals surface area contributed by atoms with Crippen LogP contribution in [0, 0.1) is 11.6 Å². The highest BCUT2D eigenvalue weighted by atomic mass is 35.5. The van der Waals surface area contributed by atoms with E-state index in [-0.39, 0.29) is 30.2 Å². The predicted octanol–water partition coefficient (Wildman–Crippen LogP) is 4.87. The standard InChI is InChI=1S/C25H20F2N2O3.ClH/c1-14(17-10-18(26)13-19(27)11-17)28-21(15-6-3-2-4-7-15)16-8-5-9-20(12-16)29-22-23(30)25(32)24(22)31;/h2-14,21,28-30H,1H3;1H/t14-,21?;/m1./s1. The molecular formula is C25H21ClF2N2O3. The third-order valence-corrected chi connectivity index (χ3v) is 5.31. The van der Waals surface area contributed by atoms with Crippen molar-refractivity contribution in [2.24, 2.45) is 0 Å². The summed E-state index contributed by atoms with van der Waals surface area (Å²) in [5.74, 6) is -1.88. The third-order valence-electron chi connectivity index (χ3n) is 5.31. The summed E-state index contributed by atoms with van der Waals surface area (Å²) in [6.07, 6.45) is 0. The topological polar surface area (TPSA) is 78.4 Å². The molecule has 4 aromatic rings. The average molecular weight is 471 g/mol. The Hall–Kier alpha value is -3.55. The summed E-state index contributed by atoms with van der Waals surface area (Å²) in [5.41, 5.74) is 0.882. The predicted molar refractivity (Wildman–Crippen MR) is 126 cm³/mol. The first kappa shape index (κ1) is 24.1. The number of rotatable bonds is 7. The molecule has 0 amide bonds. The maximum absolute atomic E-state index is 13.7. The minimum absolute atomic E-state index is 0. The number of benzene rings is 3. The molecule has 0 aliphatic heterocycles. The number of aromatic hydroxyl groups is 1. The van der Waals surface area contributed by atoms with Crippen LogP contribution in [0.2, 0.25) is 0 Å². The van der Waals surface area contributed by atoms with E-state index in [0.29, 0.717) is 11.3 Å². The molecule has 4 aromatic carbocycles. The largest absolute Gasteiger partial charge is 0.502 e. The van der Waals surface area contributed by atoms with Gasteiger partial charge >= 0.3 is 0 Å². The van der Waals surface area contributed by atoms with Crippen LogP contribution in [0.4, 0.5) is 20.2 Å². The fourth-order valence-corrected chi connectivity index (χ4v) is 3.64. The lowest BCUT2D eigenvalue weighted by Gasteiger charge is -2.25. The first-order valence-corrected chi connectivity index (χ1v) is 9.99. The zero-order valence-electron chi connectivity index (χ0n) is 17.5. The molecule has 1 unspecified atom stereocenters.